The fraction of sp³-hybridized carbons (Fsp3) is 0.235. The summed E-state index contributed by atoms with van der Waals surface area (Å²) in [6.45, 7) is 0.641. The van der Waals surface area contributed by atoms with Crippen LogP contribution < -0.4 is 5.32 Å². The van der Waals surface area contributed by atoms with E-state index >= 15 is 0 Å². The van der Waals surface area contributed by atoms with Gasteiger partial charge in [-0.15, -0.1) is 0 Å². The number of hydrogen-bond donors (Lipinski definition) is 1. The molecule has 206 valence electrons. The minimum Gasteiger partial charge on any atom is -0.468 e. The topological polar surface area (TPSA) is 67.9 Å². The summed E-state index contributed by atoms with van der Waals surface area (Å²) in [7, 11) is 3.11. The Morgan fingerprint density at radius 2 is 1.20 bits per heavy atom. The Hall–Kier alpha value is -4.42. The Balaban J connectivity index is 1.56. The second-order valence-electron chi connectivity index (χ2n) is 9.67. The Kier molecular flexibility index (Phi) is 10.1. The minimum atomic E-state index is -0.816. The monoisotopic (exact) mass is 536 g/mol. The van der Waals surface area contributed by atoms with Crippen molar-refractivity contribution in [3.63, 3.8) is 0 Å². The second kappa shape index (κ2) is 14.1. The Labute approximate surface area is 236 Å². The third-order valence-corrected chi connectivity index (χ3v) is 7.00. The van der Waals surface area contributed by atoms with Gasteiger partial charge in [0.1, 0.15) is 12.6 Å². The highest BCUT2D eigenvalue weighted by Gasteiger charge is 2.40. The van der Waals surface area contributed by atoms with Gasteiger partial charge < -0.3 is 14.4 Å². The van der Waals surface area contributed by atoms with Crippen molar-refractivity contribution in [3.05, 3.63) is 144 Å². The highest BCUT2D eigenvalue weighted by molar-refractivity contribution is 5.76. The van der Waals surface area contributed by atoms with Crippen LogP contribution in [0.25, 0.3) is 0 Å². The minimum absolute atomic E-state index is 0.212. The van der Waals surface area contributed by atoms with Gasteiger partial charge in [-0.05, 0) is 35.1 Å². The summed E-state index contributed by atoms with van der Waals surface area (Å²) in [6, 6.07) is 39.3. The van der Waals surface area contributed by atoms with Crippen molar-refractivity contribution in [1.29, 1.82) is 0 Å². The van der Waals surface area contributed by atoms with E-state index in [1.165, 1.54) is 12.0 Å². The lowest BCUT2D eigenvalue weighted by Crippen LogP contribution is -2.53. The van der Waals surface area contributed by atoms with Crippen LogP contribution in [0.15, 0.2) is 121 Å². The quantitative estimate of drug-likeness (QED) is 0.174. The van der Waals surface area contributed by atoms with Gasteiger partial charge in [0.25, 0.3) is 0 Å². The molecule has 0 aliphatic rings. The van der Waals surface area contributed by atoms with E-state index in [2.05, 4.69) is 41.7 Å². The fourth-order valence-electron chi connectivity index (χ4n) is 4.92. The Morgan fingerprint density at radius 1 is 0.750 bits per heavy atom. The molecule has 0 spiro atoms. The van der Waals surface area contributed by atoms with Crippen LogP contribution in [0.3, 0.4) is 0 Å². The van der Waals surface area contributed by atoms with E-state index in [4.69, 9.17) is 9.47 Å². The standard InChI is InChI=1S/C34H36N2O4/c1-36(33(38)40-26-27-16-7-3-8-17-27)25-15-24-31(32(37)39-2)35-34(28-18-9-4-10-19-28,29-20-11-5-12-21-29)30-22-13-6-14-23-30/h3-14,16-23,31,35H,15,24-26H2,1-2H3/t31-/m0/s1. The number of esters is 1. The smallest absolute Gasteiger partial charge is 0.409 e. The molecule has 0 fully saturated rings. The van der Waals surface area contributed by atoms with Gasteiger partial charge in [0.15, 0.2) is 0 Å². The van der Waals surface area contributed by atoms with Crippen molar-refractivity contribution in [3.8, 4) is 0 Å². The highest BCUT2D eigenvalue weighted by atomic mass is 16.6. The number of rotatable bonds is 12. The lowest BCUT2D eigenvalue weighted by Gasteiger charge is -2.39. The molecule has 6 heteroatoms. The van der Waals surface area contributed by atoms with Crippen molar-refractivity contribution < 1.29 is 19.1 Å². The van der Waals surface area contributed by atoms with E-state index in [-0.39, 0.29) is 12.6 Å². The lowest BCUT2D eigenvalue weighted by molar-refractivity contribution is -0.143. The summed E-state index contributed by atoms with van der Waals surface area (Å²) >= 11 is 0. The molecular weight excluding hydrogens is 500 g/mol. The van der Waals surface area contributed by atoms with Crippen molar-refractivity contribution >= 4 is 12.1 Å². The number of hydrogen-bond acceptors (Lipinski definition) is 5. The van der Waals surface area contributed by atoms with Gasteiger partial charge >= 0.3 is 12.1 Å². The van der Waals surface area contributed by atoms with E-state index in [0.29, 0.717) is 19.4 Å². The fourth-order valence-corrected chi connectivity index (χ4v) is 4.92. The van der Waals surface area contributed by atoms with Gasteiger partial charge in [0.2, 0.25) is 0 Å². The van der Waals surface area contributed by atoms with Gasteiger partial charge in [-0.1, -0.05) is 121 Å². The molecule has 0 aliphatic heterocycles. The molecule has 0 bridgehead atoms. The van der Waals surface area contributed by atoms with Crippen LogP contribution in [-0.2, 0) is 26.4 Å². The second-order valence-corrected chi connectivity index (χ2v) is 9.67. The van der Waals surface area contributed by atoms with E-state index in [9.17, 15) is 9.59 Å². The summed E-state index contributed by atoms with van der Waals surface area (Å²) in [5.74, 6) is -0.360. The van der Waals surface area contributed by atoms with Crippen molar-refractivity contribution in [2.45, 2.75) is 31.0 Å². The molecule has 0 heterocycles. The summed E-state index contributed by atoms with van der Waals surface area (Å²) in [5, 5.41) is 3.71. The molecule has 1 N–H and O–H groups in total. The van der Waals surface area contributed by atoms with Crippen LogP contribution in [0.5, 0.6) is 0 Å². The van der Waals surface area contributed by atoms with Crippen LogP contribution >= 0.6 is 0 Å². The molecule has 40 heavy (non-hydrogen) atoms. The first-order valence-electron chi connectivity index (χ1n) is 13.5. The van der Waals surface area contributed by atoms with Crippen molar-refractivity contribution in [2.75, 3.05) is 20.7 Å². The molecule has 6 nitrogen and oxygen atoms in total. The van der Waals surface area contributed by atoms with Crippen LogP contribution in [0.1, 0.15) is 35.1 Å². The summed E-state index contributed by atoms with van der Waals surface area (Å²) < 4.78 is 10.7. The van der Waals surface area contributed by atoms with Crippen molar-refractivity contribution in [2.24, 2.45) is 0 Å². The molecule has 4 aromatic carbocycles. The van der Waals surface area contributed by atoms with Gasteiger partial charge in [-0.2, -0.15) is 0 Å². The molecular formula is C34H36N2O4. The van der Waals surface area contributed by atoms with E-state index in [0.717, 1.165) is 22.3 Å². The summed E-state index contributed by atoms with van der Waals surface area (Å²) in [5.41, 5.74) is 3.12. The number of ether oxygens (including phenoxy) is 2. The summed E-state index contributed by atoms with van der Waals surface area (Å²) in [4.78, 5) is 27.3. The van der Waals surface area contributed by atoms with Crippen LogP contribution in [0.2, 0.25) is 0 Å². The molecule has 4 aromatic rings. The van der Waals surface area contributed by atoms with Crippen LogP contribution in [0.4, 0.5) is 4.79 Å². The predicted molar refractivity (Wildman–Crippen MR) is 157 cm³/mol. The maximum Gasteiger partial charge on any atom is 0.409 e. The Bertz CT molecular complexity index is 1240. The van der Waals surface area contributed by atoms with Crippen LogP contribution in [-0.4, -0.2) is 43.7 Å². The zero-order valence-electron chi connectivity index (χ0n) is 23.0. The Morgan fingerprint density at radius 3 is 1.65 bits per heavy atom. The highest BCUT2D eigenvalue weighted by Crippen LogP contribution is 2.37. The number of carbonyl (C=O) groups is 2. The maximum atomic E-state index is 13.2. The van der Waals surface area contributed by atoms with Gasteiger partial charge in [-0.3, -0.25) is 10.1 Å². The van der Waals surface area contributed by atoms with Gasteiger partial charge in [0, 0.05) is 13.6 Å². The van der Waals surface area contributed by atoms with Gasteiger partial charge in [-0.25, -0.2) is 4.79 Å². The average Bonchev–Trinajstić information content (AvgIpc) is 3.03. The molecule has 4 rings (SSSR count). The normalized spacial score (nSPS) is 11.8. The zero-order valence-corrected chi connectivity index (χ0v) is 23.0. The van der Waals surface area contributed by atoms with E-state index in [1.54, 1.807) is 7.05 Å². The first-order valence-corrected chi connectivity index (χ1v) is 13.5. The molecule has 0 radical (unpaired) electrons. The number of nitrogens with zero attached hydrogens (tertiary/aromatic N) is 1. The number of amides is 1. The predicted octanol–water partition coefficient (Wildman–Crippen LogP) is 6.16. The van der Waals surface area contributed by atoms with E-state index in [1.807, 2.05) is 84.9 Å². The zero-order chi connectivity index (χ0) is 28.2. The third-order valence-electron chi connectivity index (χ3n) is 7.00. The lowest BCUT2D eigenvalue weighted by atomic mass is 9.76. The molecule has 0 saturated carbocycles. The molecule has 0 aromatic heterocycles. The number of nitrogens with one attached hydrogen (secondary N) is 1. The molecule has 0 saturated heterocycles. The number of benzene rings is 4. The third kappa shape index (κ3) is 6.96. The van der Waals surface area contributed by atoms with Crippen LogP contribution in [0, 0.1) is 0 Å². The molecule has 0 aliphatic carbocycles. The number of methoxy groups -OCH3 is 1. The van der Waals surface area contributed by atoms with Gasteiger partial charge in [0.05, 0.1) is 12.6 Å². The van der Waals surface area contributed by atoms with E-state index < -0.39 is 17.7 Å². The maximum absolute atomic E-state index is 13.2. The first kappa shape index (κ1) is 28.6. The largest absolute Gasteiger partial charge is 0.468 e. The number of carbonyl (C=O) groups excluding carboxylic acids is 2. The van der Waals surface area contributed by atoms with Crippen molar-refractivity contribution in [1.82, 2.24) is 10.2 Å². The first-order chi connectivity index (χ1) is 19.5. The summed E-state index contributed by atoms with van der Waals surface area (Å²) in [6.07, 6.45) is 0.619. The molecule has 1 amide bonds. The molecule has 0 unspecified atom stereocenters. The SMILES string of the molecule is COC(=O)[C@H](CCCN(C)C(=O)OCc1ccccc1)NC(c1ccccc1)(c1ccccc1)c1ccccc1. The molecule has 1 atom stereocenters. The average molecular weight is 537 g/mol.